The molecule has 0 bridgehead atoms. The maximum absolute atomic E-state index is 6.80. The Kier molecular flexibility index (Phi) is 8.01. The Morgan fingerprint density at radius 3 is 2.33 bits per heavy atom. The second-order valence-corrected chi connectivity index (χ2v) is 26.2. The number of halogens is 1. The predicted octanol–water partition coefficient (Wildman–Crippen LogP) is 7.87. The Balaban J connectivity index is 1.53. The van der Waals surface area contributed by atoms with Gasteiger partial charge in [0.15, 0.2) is 5.82 Å². The van der Waals surface area contributed by atoms with Crippen molar-refractivity contribution in [2.75, 3.05) is 13.2 Å². The van der Waals surface area contributed by atoms with E-state index in [-0.39, 0.29) is 0 Å². The average Bonchev–Trinajstić information content (AvgIpc) is 3.19. The predicted molar refractivity (Wildman–Crippen MR) is 167 cm³/mol. The number of hydrogen-bond acceptors (Lipinski definition) is 4. The number of aromatic nitrogens is 4. The molecular formula is C30H47ClN4O2Si2. The molecule has 1 saturated carbocycles. The van der Waals surface area contributed by atoms with Crippen molar-refractivity contribution in [3.8, 4) is 11.5 Å². The third-order valence-electron chi connectivity index (χ3n) is 8.64. The van der Waals surface area contributed by atoms with Gasteiger partial charge in [-0.1, -0.05) is 64.7 Å². The summed E-state index contributed by atoms with van der Waals surface area (Å²) in [6.45, 7) is 21.4. The number of aryl methyl sites for hydroxylation is 1. The SMILES string of the molecule is CCc1cc(Cl)c2nc(-c3nn(COCC[Si](C)(C)C)c4c3C[C@@H]3C[C@]3(C)C4)n(COCC[Si](C)(C)C)c2c1. The van der Waals surface area contributed by atoms with Crippen LogP contribution in [0.25, 0.3) is 22.6 Å². The highest BCUT2D eigenvalue weighted by molar-refractivity contribution is 6.76. The van der Waals surface area contributed by atoms with Gasteiger partial charge in [-0.25, -0.2) is 9.67 Å². The van der Waals surface area contributed by atoms with Gasteiger partial charge in [-0.15, -0.1) is 0 Å². The number of imidazole rings is 1. The van der Waals surface area contributed by atoms with Crippen LogP contribution in [0, 0.1) is 11.3 Å². The molecule has 1 aromatic carbocycles. The van der Waals surface area contributed by atoms with Gasteiger partial charge >= 0.3 is 0 Å². The van der Waals surface area contributed by atoms with Crippen LogP contribution in [0.15, 0.2) is 12.1 Å². The van der Waals surface area contributed by atoms with Crippen LogP contribution in [0.1, 0.15) is 37.1 Å². The first kappa shape index (κ1) is 29.1. The molecule has 0 saturated heterocycles. The lowest BCUT2D eigenvalue weighted by Gasteiger charge is -2.20. The maximum atomic E-state index is 6.80. The summed E-state index contributed by atoms with van der Waals surface area (Å²) in [7, 11) is -2.33. The van der Waals surface area contributed by atoms with Gasteiger partial charge in [-0.3, -0.25) is 4.57 Å². The fourth-order valence-corrected chi connectivity index (χ4v) is 7.51. The Labute approximate surface area is 241 Å². The van der Waals surface area contributed by atoms with Crippen molar-refractivity contribution in [2.24, 2.45) is 11.3 Å². The molecule has 2 aromatic heterocycles. The van der Waals surface area contributed by atoms with E-state index in [1.54, 1.807) is 0 Å². The van der Waals surface area contributed by atoms with Crippen molar-refractivity contribution in [3.63, 3.8) is 0 Å². The van der Waals surface area contributed by atoms with Gasteiger partial charge in [-0.2, -0.15) is 5.10 Å². The highest BCUT2D eigenvalue weighted by atomic mass is 35.5. The maximum Gasteiger partial charge on any atom is 0.163 e. The largest absolute Gasteiger partial charge is 0.361 e. The number of hydrogen-bond donors (Lipinski definition) is 0. The Morgan fingerprint density at radius 2 is 1.69 bits per heavy atom. The lowest BCUT2D eigenvalue weighted by Crippen LogP contribution is -2.23. The standard InChI is InChI=1S/C30H47ClN4O2Si2/c1-9-21-14-24(31)28-25(15-21)34(19-36-10-12-38(3,4)5)29(32-28)27-23-16-22-17-30(22,2)18-26(23)35(33-27)20-37-11-13-39(6,7)8/h14-15,22H,9-13,16-20H2,1-8H3/t22-,30-/m1/s1. The molecule has 9 heteroatoms. The zero-order chi connectivity index (χ0) is 28.2. The first-order chi connectivity index (χ1) is 18.3. The first-order valence-corrected chi connectivity index (χ1v) is 22.5. The molecule has 2 aliphatic carbocycles. The highest BCUT2D eigenvalue weighted by Gasteiger charge is 2.54. The number of rotatable bonds is 12. The molecule has 3 aromatic rings. The molecular weight excluding hydrogens is 540 g/mol. The Bertz CT molecular complexity index is 1350. The van der Waals surface area contributed by atoms with Crippen LogP contribution in [0.2, 0.25) is 56.4 Å². The van der Waals surface area contributed by atoms with Crippen LogP contribution >= 0.6 is 11.6 Å². The van der Waals surface area contributed by atoms with Gasteiger partial charge in [0, 0.05) is 40.6 Å². The number of nitrogens with zero attached hydrogens (tertiary/aromatic N) is 4. The minimum Gasteiger partial charge on any atom is -0.361 e. The van der Waals surface area contributed by atoms with Crippen LogP contribution in [-0.4, -0.2) is 48.7 Å². The van der Waals surface area contributed by atoms with Crippen LogP contribution in [0.5, 0.6) is 0 Å². The summed E-state index contributed by atoms with van der Waals surface area (Å²) in [5.74, 6) is 1.60. The van der Waals surface area contributed by atoms with Crippen LogP contribution in [0.4, 0.5) is 0 Å². The molecule has 0 amide bonds. The van der Waals surface area contributed by atoms with E-state index >= 15 is 0 Å². The van der Waals surface area contributed by atoms with Crippen molar-refractivity contribution in [1.29, 1.82) is 0 Å². The zero-order valence-corrected chi connectivity index (χ0v) is 28.0. The molecule has 0 N–H and O–H groups in total. The molecule has 0 radical (unpaired) electrons. The summed E-state index contributed by atoms with van der Waals surface area (Å²) in [6.07, 6.45) is 4.33. The van der Waals surface area contributed by atoms with Gasteiger partial charge < -0.3 is 9.47 Å². The van der Waals surface area contributed by atoms with Gasteiger partial charge in [-0.05, 0) is 66.8 Å². The summed E-state index contributed by atoms with van der Waals surface area (Å²) in [5, 5.41) is 5.90. The minimum absolute atomic E-state index is 0.403. The van der Waals surface area contributed by atoms with E-state index < -0.39 is 16.1 Å². The summed E-state index contributed by atoms with van der Waals surface area (Å²) in [5.41, 5.74) is 7.12. The van der Waals surface area contributed by atoms with Gasteiger partial charge in [0.05, 0.1) is 10.5 Å². The summed E-state index contributed by atoms with van der Waals surface area (Å²) in [4.78, 5) is 5.14. The van der Waals surface area contributed by atoms with Crippen molar-refractivity contribution < 1.29 is 9.47 Å². The van der Waals surface area contributed by atoms with Gasteiger partial charge in [0.2, 0.25) is 0 Å². The Hall–Kier alpha value is -1.46. The topological polar surface area (TPSA) is 54.1 Å². The molecule has 0 unspecified atom stereocenters. The van der Waals surface area contributed by atoms with Crippen LogP contribution < -0.4 is 0 Å². The molecule has 39 heavy (non-hydrogen) atoms. The Morgan fingerprint density at radius 1 is 1.03 bits per heavy atom. The molecule has 1 fully saturated rings. The van der Waals surface area contributed by atoms with Crippen molar-refractivity contribution in [3.05, 3.63) is 34.0 Å². The van der Waals surface area contributed by atoms with E-state index in [9.17, 15) is 0 Å². The lowest BCUT2D eigenvalue weighted by atomic mass is 9.87. The second kappa shape index (κ2) is 10.7. The third-order valence-corrected chi connectivity index (χ3v) is 12.3. The number of ether oxygens (including phenoxy) is 2. The normalized spacial score (nSPS) is 20.9. The van der Waals surface area contributed by atoms with E-state index in [2.05, 4.69) is 68.4 Å². The van der Waals surface area contributed by atoms with Crippen LogP contribution in [-0.2, 0) is 42.2 Å². The van der Waals surface area contributed by atoms with Crippen molar-refractivity contribution in [2.45, 2.75) is 104 Å². The highest BCUT2D eigenvalue weighted by Crippen LogP contribution is 2.60. The first-order valence-electron chi connectivity index (χ1n) is 14.7. The fraction of sp³-hybridized carbons (Fsp3) is 0.667. The van der Waals surface area contributed by atoms with Crippen LogP contribution in [0.3, 0.4) is 0 Å². The minimum atomic E-state index is -1.19. The van der Waals surface area contributed by atoms with Gasteiger partial charge in [0.25, 0.3) is 0 Å². The molecule has 2 atom stereocenters. The van der Waals surface area contributed by atoms with Crippen molar-refractivity contribution >= 4 is 38.8 Å². The zero-order valence-electron chi connectivity index (χ0n) is 25.3. The fourth-order valence-electron chi connectivity index (χ4n) is 5.72. The summed E-state index contributed by atoms with van der Waals surface area (Å²) >= 11 is 6.80. The van der Waals surface area contributed by atoms with E-state index in [0.29, 0.717) is 23.9 Å². The van der Waals surface area contributed by atoms with E-state index in [1.165, 1.54) is 23.2 Å². The molecule has 0 aliphatic heterocycles. The monoisotopic (exact) mass is 586 g/mol. The molecule has 2 aliphatic rings. The number of fused-ring (bicyclic) bond motifs is 3. The molecule has 6 nitrogen and oxygen atoms in total. The summed E-state index contributed by atoms with van der Waals surface area (Å²) < 4.78 is 16.9. The van der Waals surface area contributed by atoms with E-state index in [1.807, 2.05) is 6.07 Å². The second-order valence-electron chi connectivity index (χ2n) is 14.6. The molecule has 214 valence electrons. The van der Waals surface area contributed by atoms with E-state index in [4.69, 9.17) is 31.2 Å². The van der Waals surface area contributed by atoms with Gasteiger partial charge in [0.1, 0.15) is 24.7 Å². The van der Waals surface area contributed by atoms with Crippen molar-refractivity contribution in [1.82, 2.24) is 19.3 Å². The smallest absolute Gasteiger partial charge is 0.163 e. The van der Waals surface area contributed by atoms with E-state index in [0.717, 1.165) is 73.0 Å². The third kappa shape index (κ3) is 6.40. The molecule has 2 heterocycles. The quantitative estimate of drug-likeness (QED) is 0.160. The molecule has 5 rings (SSSR count). The lowest BCUT2D eigenvalue weighted by molar-refractivity contribution is 0.0756. The number of benzene rings is 1. The average molecular weight is 587 g/mol. The summed E-state index contributed by atoms with van der Waals surface area (Å²) in [6, 6.07) is 6.56. The molecule has 0 spiro atoms.